The van der Waals surface area contributed by atoms with E-state index in [0.717, 1.165) is 50.6 Å². The molecule has 172 valence electrons. The number of unbranched alkanes of at least 4 members (excludes halogenated alkanes) is 2. The summed E-state index contributed by atoms with van der Waals surface area (Å²) in [6.07, 6.45) is 12.0. The number of halogens is 1. The molecule has 0 aliphatic heterocycles. The number of carbonyl (C=O) groups excluding carboxylic acids is 1. The third-order valence-electron chi connectivity index (χ3n) is 8.29. The number of rotatable bonds is 6. The van der Waals surface area contributed by atoms with Crippen LogP contribution in [0.15, 0.2) is 29.2 Å². The number of amides is 1. The first-order valence-electron chi connectivity index (χ1n) is 12.3. The Hall–Kier alpha value is -1.81. The van der Waals surface area contributed by atoms with Crippen LogP contribution in [0.1, 0.15) is 88.9 Å². The Morgan fingerprint density at radius 2 is 1.84 bits per heavy atom. The van der Waals surface area contributed by atoms with Gasteiger partial charge in [-0.15, -0.1) is 0 Å². The third kappa shape index (κ3) is 3.79. The molecule has 2 aromatic rings. The molecule has 4 nitrogen and oxygen atoms in total. The van der Waals surface area contributed by atoms with Crippen molar-refractivity contribution >= 4 is 28.4 Å². The fourth-order valence-corrected chi connectivity index (χ4v) is 8.32. The summed E-state index contributed by atoms with van der Waals surface area (Å²) in [6.45, 7) is 7.76. The van der Waals surface area contributed by atoms with Crippen molar-refractivity contribution in [2.24, 2.45) is 16.7 Å². The quantitative estimate of drug-likeness (QED) is 0.519. The van der Waals surface area contributed by atoms with Gasteiger partial charge >= 0.3 is 0 Å². The van der Waals surface area contributed by atoms with E-state index in [1.165, 1.54) is 19.3 Å². The van der Waals surface area contributed by atoms with E-state index in [-0.39, 0.29) is 22.4 Å². The summed E-state index contributed by atoms with van der Waals surface area (Å²) < 4.78 is 2.07. The lowest BCUT2D eigenvalue weighted by Gasteiger charge is -2.65. The van der Waals surface area contributed by atoms with Gasteiger partial charge in [-0.3, -0.25) is 9.59 Å². The van der Waals surface area contributed by atoms with Crippen LogP contribution in [-0.2, 0) is 6.54 Å². The Kier molecular flexibility index (Phi) is 5.24. The molecule has 1 heterocycles. The maximum atomic E-state index is 13.6. The average Bonchev–Trinajstić information content (AvgIpc) is 2.66. The summed E-state index contributed by atoms with van der Waals surface area (Å²) in [6, 6.07) is 5.42. The zero-order chi connectivity index (χ0) is 22.7. The second-order valence-electron chi connectivity index (χ2n) is 11.8. The molecule has 4 aliphatic rings. The highest BCUT2D eigenvalue weighted by Crippen LogP contribution is 2.66. The first-order chi connectivity index (χ1) is 15.1. The molecule has 5 heteroatoms. The SMILES string of the molecule is CCCCCn1cc(C(=O)NC23CC4C[C@@](C)(C2)C[C@](C)(C4)C3)c(=O)c2cc(Cl)ccc21. The van der Waals surface area contributed by atoms with Gasteiger partial charge in [0.2, 0.25) is 5.43 Å². The number of fused-ring (bicyclic) bond motifs is 1. The highest BCUT2D eigenvalue weighted by Gasteiger charge is 2.60. The number of aryl methyl sites for hydroxylation is 1. The molecule has 4 aliphatic carbocycles. The predicted octanol–water partition coefficient (Wildman–Crippen LogP) is 6.32. The normalized spacial score (nSPS) is 33.1. The molecule has 1 N–H and O–H groups in total. The Morgan fingerprint density at radius 1 is 1.12 bits per heavy atom. The van der Waals surface area contributed by atoms with Crippen molar-refractivity contribution < 1.29 is 4.79 Å². The van der Waals surface area contributed by atoms with Crippen molar-refractivity contribution in [1.82, 2.24) is 9.88 Å². The lowest BCUT2D eigenvalue weighted by Crippen LogP contribution is -2.65. The van der Waals surface area contributed by atoms with Gasteiger partial charge in [0.1, 0.15) is 5.56 Å². The molecular weight excluding hydrogens is 420 g/mol. The van der Waals surface area contributed by atoms with E-state index in [0.29, 0.717) is 27.2 Å². The average molecular weight is 455 g/mol. The second kappa shape index (κ2) is 7.62. The Bertz CT molecular complexity index is 1120. The van der Waals surface area contributed by atoms with Gasteiger partial charge in [0.25, 0.3) is 5.91 Å². The number of aromatic nitrogens is 1. The fourth-order valence-electron chi connectivity index (χ4n) is 8.14. The molecular formula is C27H35ClN2O2. The second-order valence-corrected chi connectivity index (χ2v) is 12.2. The van der Waals surface area contributed by atoms with Gasteiger partial charge in [-0.1, -0.05) is 45.2 Å². The number of nitrogens with zero attached hydrogens (tertiary/aromatic N) is 1. The molecule has 4 bridgehead atoms. The molecule has 1 aromatic heterocycles. The molecule has 1 amide bonds. The standard InChI is InChI=1S/C27H35ClN2O2/c1-4-5-6-9-30-14-21(23(31)20-10-19(28)7-8-22(20)30)24(32)29-27-13-18-11-25(2,16-27)15-26(3,12-18)17-27/h7-8,10,14,18H,4-6,9,11-13,15-17H2,1-3H3,(H,29,32)/t18?,25-,26+,27?. The van der Waals surface area contributed by atoms with Crippen LogP contribution in [0, 0.1) is 16.7 Å². The molecule has 4 saturated carbocycles. The number of carbonyl (C=O) groups is 1. The predicted molar refractivity (Wildman–Crippen MR) is 130 cm³/mol. The van der Waals surface area contributed by atoms with Crippen molar-refractivity contribution in [2.75, 3.05) is 0 Å². The van der Waals surface area contributed by atoms with E-state index in [4.69, 9.17) is 11.6 Å². The lowest BCUT2D eigenvalue weighted by molar-refractivity contribution is -0.114. The number of pyridine rings is 1. The molecule has 32 heavy (non-hydrogen) atoms. The van der Waals surface area contributed by atoms with E-state index in [1.54, 1.807) is 12.3 Å². The molecule has 6 rings (SSSR count). The molecule has 4 fully saturated rings. The van der Waals surface area contributed by atoms with Gasteiger partial charge in [0, 0.05) is 28.7 Å². The minimum Gasteiger partial charge on any atom is -0.346 e. The minimum atomic E-state index is -0.214. The largest absolute Gasteiger partial charge is 0.346 e. The first kappa shape index (κ1) is 22.0. The molecule has 4 atom stereocenters. The summed E-state index contributed by atoms with van der Waals surface area (Å²) in [4.78, 5) is 27.0. The van der Waals surface area contributed by atoms with Gasteiger partial charge in [-0.05, 0) is 79.9 Å². The van der Waals surface area contributed by atoms with Crippen LogP contribution in [0.2, 0.25) is 5.02 Å². The van der Waals surface area contributed by atoms with Gasteiger partial charge in [0.05, 0.1) is 5.52 Å². The molecule has 0 radical (unpaired) electrons. The monoisotopic (exact) mass is 454 g/mol. The van der Waals surface area contributed by atoms with Crippen LogP contribution < -0.4 is 10.7 Å². The van der Waals surface area contributed by atoms with Gasteiger partial charge < -0.3 is 9.88 Å². The minimum absolute atomic E-state index is 0.178. The van der Waals surface area contributed by atoms with E-state index in [1.807, 2.05) is 12.1 Å². The van der Waals surface area contributed by atoms with Crippen molar-refractivity contribution in [3.05, 3.63) is 45.2 Å². The molecule has 1 aromatic carbocycles. The van der Waals surface area contributed by atoms with Crippen LogP contribution in [-0.4, -0.2) is 16.0 Å². The van der Waals surface area contributed by atoms with Crippen LogP contribution >= 0.6 is 11.6 Å². The maximum Gasteiger partial charge on any atom is 0.257 e. The van der Waals surface area contributed by atoms with Crippen molar-refractivity contribution in [2.45, 2.75) is 90.6 Å². The van der Waals surface area contributed by atoms with Gasteiger partial charge in [-0.2, -0.15) is 0 Å². The van der Waals surface area contributed by atoms with E-state index >= 15 is 0 Å². The maximum absolute atomic E-state index is 13.6. The van der Waals surface area contributed by atoms with E-state index in [9.17, 15) is 9.59 Å². The van der Waals surface area contributed by atoms with Crippen LogP contribution in [0.5, 0.6) is 0 Å². The number of hydrogen-bond acceptors (Lipinski definition) is 2. The van der Waals surface area contributed by atoms with E-state index < -0.39 is 0 Å². The van der Waals surface area contributed by atoms with Crippen LogP contribution in [0.25, 0.3) is 10.9 Å². The summed E-state index contributed by atoms with van der Waals surface area (Å²) in [7, 11) is 0. The van der Waals surface area contributed by atoms with Crippen molar-refractivity contribution in [3.8, 4) is 0 Å². The molecule has 2 unspecified atom stereocenters. The molecule has 0 saturated heterocycles. The topological polar surface area (TPSA) is 51.1 Å². The smallest absolute Gasteiger partial charge is 0.257 e. The summed E-state index contributed by atoms with van der Waals surface area (Å²) in [5, 5.41) is 4.48. The third-order valence-corrected chi connectivity index (χ3v) is 8.53. The van der Waals surface area contributed by atoms with Gasteiger partial charge in [-0.25, -0.2) is 0 Å². The van der Waals surface area contributed by atoms with Crippen molar-refractivity contribution in [3.63, 3.8) is 0 Å². The zero-order valence-electron chi connectivity index (χ0n) is 19.6. The highest BCUT2D eigenvalue weighted by atomic mass is 35.5. The first-order valence-corrected chi connectivity index (χ1v) is 12.7. The van der Waals surface area contributed by atoms with Crippen LogP contribution in [0.4, 0.5) is 0 Å². The lowest BCUT2D eigenvalue weighted by atomic mass is 9.43. The van der Waals surface area contributed by atoms with Gasteiger partial charge in [0.15, 0.2) is 0 Å². The highest BCUT2D eigenvalue weighted by molar-refractivity contribution is 6.31. The number of hydrogen-bond donors (Lipinski definition) is 1. The summed E-state index contributed by atoms with van der Waals surface area (Å²) in [5.74, 6) is 0.470. The molecule has 0 spiro atoms. The number of nitrogens with one attached hydrogen (secondary N) is 1. The van der Waals surface area contributed by atoms with Crippen molar-refractivity contribution in [1.29, 1.82) is 0 Å². The Balaban J connectivity index is 1.51. The van der Waals surface area contributed by atoms with E-state index in [2.05, 4.69) is 30.7 Å². The number of benzene rings is 1. The fraction of sp³-hybridized carbons (Fsp3) is 0.630. The summed E-state index contributed by atoms with van der Waals surface area (Å²) >= 11 is 6.23. The van der Waals surface area contributed by atoms with Crippen LogP contribution in [0.3, 0.4) is 0 Å². The zero-order valence-corrected chi connectivity index (χ0v) is 20.4. The Morgan fingerprint density at radius 3 is 2.50 bits per heavy atom. The Labute approximate surface area is 195 Å². The summed E-state index contributed by atoms with van der Waals surface area (Å²) in [5.41, 5.74) is 1.32.